The molecule has 0 aliphatic rings. The quantitative estimate of drug-likeness (QED) is 0.807. The lowest BCUT2D eigenvalue weighted by atomic mass is 10.1. The molecule has 2 rings (SSSR count). The average molecular weight is 329 g/mol. The number of methoxy groups -OCH3 is 2. The van der Waals surface area contributed by atoms with Gasteiger partial charge in [0.15, 0.2) is 11.5 Å². The van der Waals surface area contributed by atoms with Crippen LogP contribution in [-0.4, -0.2) is 43.3 Å². The first kappa shape index (κ1) is 17.8. The van der Waals surface area contributed by atoms with Crippen LogP contribution in [0, 0.1) is 0 Å². The summed E-state index contributed by atoms with van der Waals surface area (Å²) in [5.41, 5.74) is 1.88. The number of nitrogens with zero attached hydrogens (tertiary/aromatic N) is 1. The first-order valence-corrected chi connectivity index (χ1v) is 7.81. The molecule has 128 valence electrons. The number of benzene rings is 2. The Morgan fingerprint density at radius 2 is 1.71 bits per heavy atom. The topological polar surface area (TPSA) is 59.0 Å². The largest absolute Gasteiger partial charge is 0.493 e. The van der Waals surface area contributed by atoms with Crippen molar-refractivity contribution < 1.29 is 19.4 Å². The van der Waals surface area contributed by atoms with Crippen LogP contribution in [0.25, 0.3) is 0 Å². The Labute approximate surface area is 142 Å². The smallest absolute Gasteiger partial charge is 0.227 e. The molecule has 5 nitrogen and oxygen atoms in total. The molecule has 5 heteroatoms. The van der Waals surface area contributed by atoms with Crippen LogP contribution in [0.2, 0.25) is 0 Å². The first-order chi connectivity index (χ1) is 11.7. The minimum atomic E-state index is -0.0650. The predicted octanol–water partition coefficient (Wildman–Crippen LogP) is 2.27. The van der Waals surface area contributed by atoms with E-state index in [1.165, 1.54) is 0 Å². The molecule has 1 N–H and O–H groups in total. The lowest BCUT2D eigenvalue weighted by Gasteiger charge is -2.22. The van der Waals surface area contributed by atoms with Crippen LogP contribution < -0.4 is 9.47 Å². The van der Waals surface area contributed by atoms with Crippen LogP contribution in [0.3, 0.4) is 0 Å². The molecule has 2 aromatic carbocycles. The zero-order chi connectivity index (χ0) is 17.4. The SMILES string of the molecule is COc1ccc(CC(=O)N(CCO)Cc2ccccc2)cc1OC. The van der Waals surface area contributed by atoms with E-state index in [0.717, 1.165) is 11.1 Å². The summed E-state index contributed by atoms with van der Waals surface area (Å²) in [6.45, 7) is 0.721. The minimum Gasteiger partial charge on any atom is -0.493 e. The highest BCUT2D eigenvalue weighted by atomic mass is 16.5. The van der Waals surface area contributed by atoms with Crippen molar-refractivity contribution in [3.05, 3.63) is 59.7 Å². The molecule has 0 unspecified atom stereocenters. The van der Waals surface area contributed by atoms with Gasteiger partial charge in [-0.2, -0.15) is 0 Å². The number of aliphatic hydroxyl groups is 1. The van der Waals surface area contributed by atoms with Crippen molar-refractivity contribution in [3.63, 3.8) is 0 Å². The standard InChI is InChI=1S/C19H23NO4/c1-23-17-9-8-16(12-18(17)24-2)13-19(22)20(10-11-21)14-15-6-4-3-5-7-15/h3-9,12,21H,10-11,13-14H2,1-2H3. The van der Waals surface area contributed by atoms with Gasteiger partial charge in [0.25, 0.3) is 0 Å². The summed E-state index contributed by atoms with van der Waals surface area (Å²) in [7, 11) is 3.14. The van der Waals surface area contributed by atoms with Crippen LogP contribution >= 0.6 is 0 Å². The number of rotatable bonds is 8. The molecule has 0 saturated carbocycles. The van der Waals surface area contributed by atoms with Crippen LogP contribution in [0.15, 0.2) is 48.5 Å². The van der Waals surface area contributed by atoms with Gasteiger partial charge in [-0.3, -0.25) is 4.79 Å². The number of amides is 1. The van der Waals surface area contributed by atoms with Crippen LogP contribution in [0.5, 0.6) is 11.5 Å². The highest BCUT2D eigenvalue weighted by molar-refractivity contribution is 5.79. The third-order valence-corrected chi connectivity index (χ3v) is 3.74. The summed E-state index contributed by atoms with van der Waals surface area (Å²) < 4.78 is 10.5. The van der Waals surface area contributed by atoms with Gasteiger partial charge in [-0.15, -0.1) is 0 Å². The molecule has 1 amide bonds. The fourth-order valence-electron chi connectivity index (χ4n) is 2.49. The van der Waals surface area contributed by atoms with Crippen LogP contribution in [-0.2, 0) is 17.8 Å². The monoisotopic (exact) mass is 329 g/mol. The summed E-state index contributed by atoms with van der Waals surface area (Å²) in [5.74, 6) is 1.19. The highest BCUT2D eigenvalue weighted by Crippen LogP contribution is 2.27. The lowest BCUT2D eigenvalue weighted by molar-refractivity contribution is -0.131. The van der Waals surface area contributed by atoms with Gasteiger partial charge in [0.05, 0.1) is 27.2 Å². The van der Waals surface area contributed by atoms with E-state index in [4.69, 9.17) is 9.47 Å². The second kappa shape index (κ2) is 8.93. The Bertz CT molecular complexity index is 658. The maximum atomic E-state index is 12.6. The van der Waals surface area contributed by atoms with Gasteiger partial charge in [-0.25, -0.2) is 0 Å². The Kier molecular flexibility index (Phi) is 6.63. The summed E-state index contributed by atoms with van der Waals surface area (Å²) in [6, 6.07) is 15.2. The van der Waals surface area contributed by atoms with Crippen LogP contribution in [0.1, 0.15) is 11.1 Å². The normalized spacial score (nSPS) is 10.3. The van der Waals surface area contributed by atoms with E-state index in [1.54, 1.807) is 31.3 Å². The molecule has 0 spiro atoms. The van der Waals surface area contributed by atoms with Gasteiger partial charge in [-0.1, -0.05) is 36.4 Å². The summed E-state index contributed by atoms with van der Waals surface area (Å²) >= 11 is 0. The molecular formula is C19H23NO4. The highest BCUT2D eigenvalue weighted by Gasteiger charge is 2.15. The van der Waals surface area contributed by atoms with Gasteiger partial charge in [0.2, 0.25) is 5.91 Å². The zero-order valence-corrected chi connectivity index (χ0v) is 14.1. The molecular weight excluding hydrogens is 306 g/mol. The molecule has 0 atom stereocenters. The van der Waals surface area contributed by atoms with Crippen molar-refractivity contribution in [1.29, 1.82) is 0 Å². The second-order valence-corrected chi connectivity index (χ2v) is 5.39. The number of ether oxygens (including phenoxy) is 2. The molecule has 0 saturated heterocycles. The number of hydrogen-bond donors (Lipinski definition) is 1. The summed E-state index contributed by atoms with van der Waals surface area (Å²) in [5, 5.41) is 9.25. The molecule has 0 aliphatic heterocycles. The fourth-order valence-corrected chi connectivity index (χ4v) is 2.49. The third-order valence-electron chi connectivity index (χ3n) is 3.74. The fraction of sp³-hybridized carbons (Fsp3) is 0.316. The van der Waals surface area contributed by atoms with E-state index in [9.17, 15) is 9.90 Å². The van der Waals surface area contributed by atoms with Crippen molar-refractivity contribution in [1.82, 2.24) is 4.90 Å². The lowest BCUT2D eigenvalue weighted by Crippen LogP contribution is -2.34. The third kappa shape index (κ3) is 4.73. The predicted molar refractivity (Wildman–Crippen MR) is 92.2 cm³/mol. The molecule has 2 aromatic rings. The van der Waals surface area contributed by atoms with E-state index in [2.05, 4.69) is 0 Å². The number of hydrogen-bond acceptors (Lipinski definition) is 4. The van der Waals surface area contributed by atoms with E-state index < -0.39 is 0 Å². The van der Waals surface area contributed by atoms with E-state index >= 15 is 0 Å². The van der Waals surface area contributed by atoms with Gasteiger partial charge in [0.1, 0.15) is 0 Å². The zero-order valence-electron chi connectivity index (χ0n) is 14.1. The van der Waals surface area contributed by atoms with Gasteiger partial charge in [-0.05, 0) is 23.3 Å². The summed E-state index contributed by atoms with van der Waals surface area (Å²) in [6.07, 6.45) is 0.243. The maximum absolute atomic E-state index is 12.6. The second-order valence-electron chi connectivity index (χ2n) is 5.39. The van der Waals surface area contributed by atoms with Crippen molar-refractivity contribution in [2.45, 2.75) is 13.0 Å². The van der Waals surface area contributed by atoms with E-state index in [0.29, 0.717) is 24.6 Å². The van der Waals surface area contributed by atoms with Gasteiger partial charge >= 0.3 is 0 Å². The van der Waals surface area contributed by atoms with Gasteiger partial charge in [0, 0.05) is 13.1 Å². The molecule has 24 heavy (non-hydrogen) atoms. The number of carbonyl (C=O) groups excluding carboxylic acids is 1. The van der Waals surface area contributed by atoms with Crippen molar-refractivity contribution in [3.8, 4) is 11.5 Å². The summed E-state index contributed by atoms with van der Waals surface area (Å²) in [4.78, 5) is 14.3. The number of aliphatic hydroxyl groups excluding tert-OH is 1. The molecule has 0 radical (unpaired) electrons. The Morgan fingerprint density at radius 3 is 2.33 bits per heavy atom. The maximum Gasteiger partial charge on any atom is 0.227 e. The van der Waals surface area contributed by atoms with E-state index in [1.807, 2.05) is 36.4 Å². The molecule has 0 aromatic heterocycles. The minimum absolute atomic E-state index is 0.0416. The van der Waals surface area contributed by atoms with Crippen LogP contribution in [0.4, 0.5) is 0 Å². The van der Waals surface area contributed by atoms with Crippen molar-refractivity contribution >= 4 is 5.91 Å². The van der Waals surface area contributed by atoms with Crippen molar-refractivity contribution in [2.75, 3.05) is 27.4 Å². The van der Waals surface area contributed by atoms with Gasteiger partial charge < -0.3 is 19.5 Å². The Balaban J connectivity index is 2.10. The number of carbonyl (C=O) groups is 1. The Morgan fingerprint density at radius 1 is 1.00 bits per heavy atom. The van der Waals surface area contributed by atoms with E-state index in [-0.39, 0.29) is 18.9 Å². The van der Waals surface area contributed by atoms with Crippen molar-refractivity contribution in [2.24, 2.45) is 0 Å². The molecule has 0 aliphatic carbocycles. The Hall–Kier alpha value is -2.53. The average Bonchev–Trinajstić information content (AvgIpc) is 2.62. The molecule has 0 heterocycles. The molecule has 0 bridgehead atoms. The first-order valence-electron chi connectivity index (χ1n) is 7.81. The molecule has 0 fully saturated rings.